The molecule has 1 aromatic rings. The zero-order chi connectivity index (χ0) is 10.8. The lowest BCUT2D eigenvalue weighted by atomic mass is 10.0. The molecule has 4 heteroatoms. The lowest BCUT2D eigenvalue weighted by Gasteiger charge is -2.10. The molecule has 1 atom stereocenters. The summed E-state index contributed by atoms with van der Waals surface area (Å²) >= 11 is 0. The number of benzene rings is 1. The molecule has 0 bridgehead atoms. The van der Waals surface area contributed by atoms with Gasteiger partial charge in [-0.15, -0.1) is 0 Å². The molecule has 1 aromatic carbocycles. The van der Waals surface area contributed by atoms with Gasteiger partial charge in [0.2, 0.25) is 0 Å². The Kier molecular flexibility index (Phi) is 2.68. The highest BCUT2D eigenvalue weighted by atomic mass is 16.6. The fourth-order valence-electron chi connectivity index (χ4n) is 2.01. The Morgan fingerprint density at radius 1 is 1.53 bits per heavy atom. The molecule has 0 radical (unpaired) electrons. The van der Waals surface area contributed by atoms with E-state index in [0.29, 0.717) is 6.04 Å². The average molecular weight is 206 g/mol. The van der Waals surface area contributed by atoms with Crippen molar-refractivity contribution in [3.8, 4) is 0 Å². The van der Waals surface area contributed by atoms with Crippen molar-refractivity contribution in [2.24, 2.45) is 0 Å². The van der Waals surface area contributed by atoms with E-state index >= 15 is 0 Å². The van der Waals surface area contributed by atoms with Crippen LogP contribution in [0.3, 0.4) is 0 Å². The maximum Gasteiger partial charge on any atom is 0.272 e. The first-order valence-corrected chi connectivity index (χ1v) is 5.17. The molecule has 1 aliphatic rings. The Morgan fingerprint density at radius 2 is 2.33 bits per heavy atom. The van der Waals surface area contributed by atoms with Crippen LogP contribution in [-0.4, -0.2) is 11.5 Å². The summed E-state index contributed by atoms with van der Waals surface area (Å²) < 4.78 is 0. The first kappa shape index (κ1) is 10.1. The van der Waals surface area contributed by atoms with E-state index in [2.05, 4.69) is 5.32 Å². The largest absolute Gasteiger partial charge is 0.310 e. The predicted molar refractivity (Wildman–Crippen MR) is 57.8 cm³/mol. The molecule has 2 rings (SSSR count). The highest BCUT2D eigenvalue weighted by molar-refractivity contribution is 5.43. The molecule has 15 heavy (non-hydrogen) atoms. The van der Waals surface area contributed by atoms with Crippen LogP contribution < -0.4 is 5.32 Å². The van der Waals surface area contributed by atoms with Crippen molar-refractivity contribution in [2.45, 2.75) is 25.8 Å². The van der Waals surface area contributed by atoms with Crippen molar-refractivity contribution in [3.05, 3.63) is 39.4 Å². The van der Waals surface area contributed by atoms with E-state index in [0.717, 1.165) is 30.5 Å². The lowest BCUT2D eigenvalue weighted by molar-refractivity contribution is -0.385. The molecule has 0 spiro atoms. The van der Waals surface area contributed by atoms with Crippen LogP contribution in [-0.2, 0) is 0 Å². The highest BCUT2D eigenvalue weighted by Crippen LogP contribution is 2.27. The van der Waals surface area contributed by atoms with Gasteiger partial charge in [-0.05, 0) is 31.9 Å². The van der Waals surface area contributed by atoms with E-state index < -0.39 is 0 Å². The molecule has 1 fully saturated rings. The Labute approximate surface area is 88.5 Å². The van der Waals surface area contributed by atoms with Gasteiger partial charge in [0.15, 0.2) is 0 Å². The van der Waals surface area contributed by atoms with Gasteiger partial charge in [0, 0.05) is 17.7 Å². The Morgan fingerprint density at radius 3 is 2.93 bits per heavy atom. The fourth-order valence-corrected chi connectivity index (χ4v) is 2.01. The van der Waals surface area contributed by atoms with Crippen LogP contribution in [0.4, 0.5) is 5.69 Å². The number of hydrogen-bond donors (Lipinski definition) is 1. The van der Waals surface area contributed by atoms with Crippen LogP contribution >= 0.6 is 0 Å². The molecule has 80 valence electrons. The molecule has 1 N–H and O–H groups in total. The second-order valence-corrected chi connectivity index (χ2v) is 3.95. The number of nitrogens with zero attached hydrogens (tertiary/aromatic N) is 1. The fraction of sp³-hybridized carbons (Fsp3) is 0.455. The molecule has 0 saturated carbocycles. The van der Waals surface area contributed by atoms with E-state index in [4.69, 9.17) is 0 Å². The van der Waals surface area contributed by atoms with Crippen LogP contribution in [0.15, 0.2) is 18.2 Å². The van der Waals surface area contributed by atoms with Crippen molar-refractivity contribution in [3.63, 3.8) is 0 Å². The van der Waals surface area contributed by atoms with E-state index in [1.54, 1.807) is 13.0 Å². The van der Waals surface area contributed by atoms with Gasteiger partial charge in [-0.25, -0.2) is 0 Å². The molecular weight excluding hydrogens is 192 g/mol. The first-order valence-electron chi connectivity index (χ1n) is 5.17. The Balaban J connectivity index is 2.33. The Bertz CT molecular complexity index is 384. The third-order valence-electron chi connectivity index (χ3n) is 2.89. The maximum atomic E-state index is 10.8. The summed E-state index contributed by atoms with van der Waals surface area (Å²) in [7, 11) is 0. The van der Waals surface area contributed by atoms with Gasteiger partial charge >= 0.3 is 0 Å². The minimum atomic E-state index is -0.312. The quantitative estimate of drug-likeness (QED) is 0.596. The number of nitro groups is 1. The minimum Gasteiger partial charge on any atom is -0.310 e. The molecule has 1 heterocycles. The average Bonchev–Trinajstić information content (AvgIpc) is 2.71. The van der Waals surface area contributed by atoms with Crippen molar-refractivity contribution < 1.29 is 4.92 Å². The van der Waals surface area contributed by atoms with Crippen molar-refractivity contribution in [1.82, 2.24) is 5.32 Å². The number of rotatable bonds is 2. The summed E-state index contributed by atoms with van der Waals surface area (Å²) in [5.41, 5.74) is 1.98. The van der Waals surface area contributed by atoms with Gasteiger partial charge in [0.05, 0.1) is 4.92 Å². The van der Waals surface area contributed by atoms with E-state index in [9.17, 15) is 10.1 Å². The van der Waals surface area contributed by atoms with Crippen LogP contribution in [0.5, 0.6) is 0 Å². The highest BCUT2D eigenvalue weighted by Gasteiger charge is 2.19. The summed E-state index contributed by atoms with van der Waals surface area (Å²) in [5, 5.41) is 14.1. The normalized spacial score (nSPS) is 20.5. The SMILES string of the molecule is Cc1ccc(C2CCCN2)cc1[N+](=O)[O-]. The summed E-state index contributed by atoms with van der Waals surface area (Å²) in [6, 6.07) is 5.79. The third kappa shape index (κ3) is 1.99. The zero-order valence-electron chi connectivity index (χ0n) is 8.69. The monoisotopic (exact) mass is 206 g/mol. The molecular formula is C11H14N2O2. The second kappa shape index (κ2) is 3.98. The number of aryl methyl sites for hydroxylation is 1. The maximum absolute atomic E-state index is 10.8. The van der Waals surface area contributed by atoms with Gasteiger partial charge < -0.3 is 5.32 Å². The number of hydrogen-bond acceptors (Lipinski definition) is 3. The smallest absolute Gasteiger partial charge is 0.272 e. The third-order valence-corrected chi connectivity index (χ3v) is 2.89. The Hall–Kier alpha value is -1.42. The number of nitro benzene ring substituents is 1. The summed E-state index contributed by atoms with van der Waals surface area (Å²) in [6.45, 7) is 2.77. The van der Waals surface area contributed by atoms with Crippen LogP contribution in [0.1, 0.15) is 30.0 Å². The van der Waals surface area contributed by atoms with E-state index in [-0.39, 0.29) is 10.6 Å². The molecule has 0 amide bonds. The van der Waals surface area contributed by atoms with Crippen molar-refractivity contribution in [1.29, 1.82) is 0 Å². The summed E-state index contributed by atoms with van der Waals surface area (Å²) in [4.78, 5) is 10.5. The number of nitrogens with one attached hydrogen (secondary N) is 1. The van der Waals surface area contributed by atoms with Gasteiger partial charge in [-0.1, -0.05) is 12.1 Å². The van der Waals surface area contributed by atoms with Gasteiger partial charge in [-0.2, -0.15) is 0 Å². The van der Waals surface area contributed by atoms with Gasteiger partial charge in [0.1, 0.15) is 0 Å². The van der Waals surface area contributed by atoms with E-state index in [1.165, 1.54) is 0 Å². The zero-order valence-corrected chi connectivity index (χ0v) is 8.69. The molecule has 4 nitrogen and oxygen atoms in total. The summed E-state index contributed by atoms with van der Waals surface area (Å²) in [6.07, 6.45) is 2.21. The molecule has 0 aromatic heterocycles. The first-order chi connectivity index (χ1) is 7.18. The molecule has 1 saturated heterocycles. The van der Waals surface area contributed by atoms with Crippen molar-refractivity contribution in [2.75, 3.05) is 6.54 Å². The van der Waals surface area contributed by atoms with Crippen LogP contribution in [0, 0.1) is 17.0 Å². The van der Waals surface area contributed by atoms with Crippen molar-refractivity contribution >= 4 is 5.69 Å². The lowest BCUT2D eigenvalue weighted by Crippen LogP contribution is -2.13. The van der Waals surface area contributed by atoms with E-state index in [1.807, 2.05) is 12.1 Å². The molecule has 1 aliphatic heterocycles. The molecule has 0 aliphatic carbocycles. The van der Waals surface area contributed by atoms with Crippen LogP contribution in [0.25, 0.3) is 0 Å². The summed E-state index contributed by atoms with van der Waals surface area (Å²) in [5.74, 6) is 0. The standard InChI is InChI=1S/C11H14N2O2/c1-8-4-5-9(7-11(8)13(14)15)10-3-2-6-12-10/h4-5,7,10,12H,2-3,6H2,1H3. The second-order valence-electron chi connectivity index (χ2n) is 3.95. The predicted octanol–water partition coefficient (Wildman–Crippen LogP) is 2.33. The molecule has 1 unspecified atom stereocenters. The van der Waals surface area contributed by atoms with Gasteiger partial charge in [-0.3, -0.25) is 10.1 Å². The minimum absolute atomic E-state index is 0.223. The van der Waals surface area contributed by atoms with Crippen LogP contribution in [0.2, 0.25) is 0 Å². The van der Waals surface area contributed by atoms with Gasteiger partial charge in [0.25, 0.3) is 5.69 Å². The topological polar surface area (TPSA) is 55.2 Å².